The summed E-state index contributed by atoms with van der Waals surface area (Å²) < 4.78 is 5.48. The van der Waals surface area contributed by atoms with Crippen molar-refractivity contribution in [2.24, 2.45) is 0 Å². The van der Waals surface area contributed by atoms with Gasteiger partial charge in [0.2, 0.25) is 5.91 Å². The first kappa shape index (κ1) is 75.3. The van der Waals surface area contributed by atoms with Crippen LogP contribution in [0.1, 0.15) is 393 Å². The Labute approximate surface area is 481 Å². The van der Waals surface area contributed by atoms with Gasteiger partial charge in [0.1, 0.15) is 0 Å². The van der Waals surface area contributed by atoms with Crippen molar-refractivity contribution in [3.63, 3.8) is 0 Å². The number of allylic oxidation sites excluding steroid dienone is 4. The van der Waals surface area contributed by atoms with E-state index in [0.29, 0.717) is 25.9 Å². The summed E-state index contributed by atoms with van der Waals surface area (Å²) in [6.07, 6.45) is 83.6. The molecule has 0 saturated heterocycles. The number of unbranched alkanes of at least 4 members (excludes halogenated alkanes) is 51. The molecule has 0 aliphatic carbocycles. The van der Waals surface area contributed by atoms with E-state index in [1.165, 1.54) is 315 Å². The largest absolute Gasteiger partial charge is 0.466 e. The molecule has 0 rings (SSSR count). The fourth-order valence-corrected chi connectivity index (χ4v) is 11.1. The van der Waals surface area contributed by atoms with Crippen molar-refractivity contribution >= 4 is 11.9 Å². The molecule has 3 N–H and O–H groups in total. The average Bonchev–Trinajstić information content (AvgIpc) is 3.43. The van der Waals surface area contributed by atoms with Crippen molar-refractivity contribution in [2.45, 2.75) is 405 Å². The lowest BCUT2D eigenvalue weighted by Crippen LogP contribution is -2.45. The van der Waals surface area contributed by atoms with Crippen LogP contribution in [0.4, 0.5) is 0 Å². The number of rotatable bonds is 66. The van der Waals surface area contributed by atoms with Gasteiger partial charge in [0.25, 0.3) is 0 Å². The first-order valence-electron chi connectivity index (χ1n) is 35.1. The van der Waals surface area contributed by atoms with Gasteiger partial charge in [0.15, 0.2) is 0 Å². The Morgan fingerprint density at radius 3 is 0.935 bits per heavy atom. The van der Waals surface area contributed by atoms with Crippen molar-refractivity contribution in [3.05, 3.63) is 24.3 Å². The van der Waals surface area contributed by atoms with E-state index in [1.807, 2.05) is 0 Å². The zero-order valence-corrected chi connectivity index (χ0v) is 52.2. The first-order valence-corrected chi connectivity index (χ1v) is 35.1. The minimum absolute atomic E-state index is 0.00407. The Balaban J connectivity index is 3.41. The average molecular weight is 1080 g/mol. The molecule has 456 valence electrons. The molecule has 2 unspecified atom stereocenters. The second kappa shape index (κ2) is 66.8. The van der Waals surface area contributed by atoms with Crippen LogP contribution >= 0.6 is 0 Å². The number of hydrogen-bond donors (Lipinski definition) is 3. The first-order chi connectivity index (χ1) is 38.0. The molecule has 6 heteroatoms. The summed E-state index contributed by atoms with van der Waals surface area (Å²) in [4.78, 5) is 24.6. The van der Waals surface area contributed by atoms with Crippen molar-refractivity contribution in [2.75, 3.05) is 13.2 Å². The predicted octanol–water partition coefficient (Wildman–Crippen LogP) is 22.5. The van der Waals surface area contributed by atoms with Crippen LogP contribution in [-0.4, -0.2) is 47.4 Å². The maximum absolute atomic E-state index is 12.5. The van der Waals surface area contributed by atoms with Gasteiger partial charge in [0, 0.05) is 12.8 Å². The predicted molar refractivity (Wildman–Crippen MR) is 338 cm³/mol. The minimum Gasteiger partial charge on any atom is -0.466 e. The second-order valence-corrected chi connectivity index (χ2v) is 24.2. The summed E-state index contributed by atoms with van der Waals surface area (Å²) in [5, 5.41) is 23.4. The smallest absolute Gasteiger partial charge is 0.305 e. The molecule has 0 heterocycles. The molecule has 0 aliphatic rings. The molecular formula is C71H137NO5. The van der Waals surface area contributed by atoms with E-state index in [-0.39, 0.29) is 18.5 Å². The van der Waals surface area contributed by atoms with E-state index in [0.717, 1.165) is 44.9 Å². The van der Waals surface area contributed by atoms with Crippen molar-refractivity contribution in [3.8, 4) is 0 Å². The molecule has 0 fully saturated rings. The molecule has 6 nitrogen and oxygen atoms in total. The number of carbonyl (C=O) groups excluding carboxylic acids is 2. The summed E-state index contributed by atoms with van der Waals surface area (Å²) in [6, 6.07) is -0.546. The Morgan fingerprint density at radius 2 is 0.610 bits per heavy atom. The highest BCUT2D eigenvalue weighted by Crippen LogP contribution is 2.19. The molecular weight excluding hydrogens is 947 g/mol. The van der Waals surface area contributed by atoms with E-state index >= 15 is 0 Å². The van der Waals surface area contributed by atoms with Crippen LogP contribution in [0.5, 0.6) is 0 Å². The van der Waals surface area contributed by atoms with Crippen LogP contribution in [0.15, 0.2) is 24.3 Å². The highest BCUT2D eigenvalue weighted by Gasteiger charge is 2.20. The van der Waals surface area contributed by atoms with E-state index in [2.05, 4.69) is 43.5 Å². The molecule has 0 aliphatic heterocycles. The van der Waals surface area contributed by atoms with Gasteiger partial charge in [0.05, 0.1) is 25.4 Å². The molecule has 77 heavy (non-hydrogen) atoms. The number of amides is 1. The van der Waals surface area contributed by atoms with E-state index in [4.69, 9.17) is 4.74 Å². The summed E-state index contributed by atoms with van der Waals surface area (Å²) in [7, 11) is 0. The molecule has 2 atom stereocenters. The third-order valence-corrected chi connectivity index (χ3v) is 16.5. The minimum atomic E-state index is -0.668. The maximum atomic E-state index is 12.5. The van der Waals surface area contributed by atoms with E-state index in [1.54, 1.807) is 0 Å². The van der Waals surface area contributed by atoms with Gasteiger partial charge in [-0.15, -0.1) is 0 Å². The van der Waals surface area contributed by atoms with Gasteiger partial charge in [-0.05, 0) is 77.0 Å². The summed E-state index contributed by atoms with van der Waals surface area (Å²) in [5.41, 5.74) is 0. The molecule has 0 bridgehead atoms. The van der Waals surface area contributed by atoms with Crippen molar-refractivity contribution in [1.82, 2.24) is 5.32 Å². The number of nitrogens with one attached hydrogen (secondary N) is 1. The van der Waals surface area contributed by atoms with E-state index < -0.39 is 12.1 Å². The number of hydrogen-bond acceptors (Lipinski definition) is 5. The summed E-state index contributed by atoms with van der Waals surface area (Å²) in [6.45, 7) is 4.97. The van der Waals surface area contributed by atoms with Crippen LogP contribution in [-0.2, 0) is 14.3 Å². The van der Waals surface area contributed by atoms with Crippen LogP contribution in [0.2, 0.25) is 0 Å². The topological polar surface area (TPSA) is 95.9 Å². The van der Waals surface area contributed by atoms with Gasteiger partial charge < -0.3 is 20.3 Å². The lowest BCUT2D eigenvalue weighted by molar-refractivity contribution is -0.143. The lowest BCUT2D eigenvalue weighted by Gasteiger charge is -2.22. The van der Waals surface area contributed by atoms with Gasteiger partial charge in [-0.25, -0.2) is 0 Å². The Kier molecular flexibility index (Phi) is 65.4. The fraction of sp³-hybridized carbons (Fsp3) is 0.915. The maximum Gasteiger partial charge on any atom is 0.305 e. The lowest BCUT2D eigenvalue weighted by atomic mass is 10.0. The molecule has 0 spiro atoms. The van der Waals surface area contributed by atoms with Gasteiger partial charge in [-0.2, -0.15) is 0 Å². The molecule has 0 aromatic carbocycles. The molecule has 0 aromatic heterocycles. The third-order valence-electron chi connectivity index (χ3n) is 16.5. The number of ether oxygens (including phenoxy) is 1. The fourth-order valence-electron chi connectivity index (χ4n) is 11.1. The van der Waals surface area contributed by atoms with E-state index in [9.17, 15) is 19.8 Å². The van der Waals surface area contributed by atoms with Crippen molar-refractivity contribution in [1.29, 1.82) is 0 Å². The summed E-state index contributed by atoms with van der Waals surface area (Å²) in [5.74, 6) is -0.0310. The van der Waals surface area contributed by atoms with Gasteiger partial charge in [-0.3, -0.25) is 9.59 Å². The zero-order valence-electron chi connectivity index (χ0n) is 52.2. The van der Waals surface area contributed by atoms with Crippen LogP contribution < -0.4 is 5.32 Å². The highest BCUT2D eigenvalue weighted by atomic mass is 16.5. The standard InChI is InChI=1S/C71H137NO5/c1-3-5-7-9-11-13-15-17-18-19-20-21-24-27-30-33-36-40-43-47-51-55-59-63-69(74)68(67-73)72-70(75)64-60-56-52-48-44-41-37-34-31-28-25-22-23-26-29-32-35-38-42-46-50-54-58-62-66-77-71(76)65-61-57-53-49-45-39-16-14-12-10-8-6-4-2/h14,16,25,28,68-69,73-74H,3-13,15,17-24,26-27,29-67H2,1-2H3,(H,72,75)/b16-14-,28-25-. The molecule has 0 radical (unpaired) electrons. The Morgan fingerprint density at radius 1 is 0.351 bits per heavy atom. The van der Waals surface area contributed by atoms with Gasteiger partial charge >= 0.3 is 5.97 Å². The third kappa shape index (κ3) is 63.4. The van der Waals surface area contributed by atoms with Crippen LogP contribution in [0.25, 0.3) is 0 Å². The SMILES string of the molecule is CCCCCC/C=C\CCCCCCCC(=O)OCCCCCCCCCCCCCC/C=C\CCCCCCCCCCC(=O)NC(CO)C(O)CCCCCCCCCCCCCCCCCCCCCCCCC. The molecule has 1 amide bonds. The highest BCUT2D eigenvalue weighted by molar-refractivity contribution is 5.76. The molecule has 0 saturated carbocycles. The summed E-state index contributed by atoms with van der Waals surface area (Å²) >= 11 is 0. The zero-order chi connectivity index (χ0) is 55.7. The van der Waals surface area contributed by atoms with Crippen molar-refractivity contribution < 1.29 is 24.5 Å². The number of carbonyl (C=O) groups is 2. The van der Waals surface area contributed by atoms with Crippen LogP contribution in [0, 0.1) is 0 Å². The molecule has 0 aromatic rings. The second-order valence-electron chi connectivity index (χ2n) is 24.2. The Hall–Kier alpha value is -1.66. The number of aliphatic hydroxyl groups is 2. The number of aliphatic hydroxyl groups excluding tert-OH is 2. The monoisotopic (exact) mass is 1080 g/mol. The van der Waals surface area contributed by atoms with Crippen LogP contribution in [0.3, 0.4) is 0 Å². The normalized spacial score (nSPS) is 12.6. The Bertz CT molecular complexity index is 1200. The van der Waals surface area contributed by atoms with Gasteiger partial charge in [-0.1, -0.05) is 327 Å². The quantitative estimate of drug-likeness (QED) is 0.0320. The number of esters is 1.